The van der Waals surface area contributed by atoms with E-state index in [-0.39, 0.29) is 5.60 Å². The molecule has 2 N–H and O–H groups in total. The quantitative estimate of drug-likeness (QED) is 0.760. The van der Waals surface area contributed by atoms with Crippen molar-refractivity contribution in [1.82, 2.24) is 4.90 Å². The van der Waals surface area contributed by atoms with Crippen LogP contribution in [-0.2, 0) is 9.47 Å². The fourth-order valence-corrected chi connectivity index (χ4v) is 2.81. The molecule has 1 heterocycles. The van der Waals surface area contributed by atoms with Crippen LogP contribution in [0.25, 0.3) is 0 Å². The Hall–Kier alpha value is -0.160. The highest BCUT2D eigenvalue weighted by atomic mass is 16.5. The van der Waals surface area contributed by atoms with Gasteiger partial charge in [0.05, 0.1) is 12.2 Å². The second-order valence-corrected chi connectivity index (χ2v) is 5.46. The minimum absolute atomic E-state index is 0.0154. The highest BCUT2D eigenvalue weighted by molar-refractivity contribution is 4.89. The molecule has 0 saturated carbocycles. The van der Waals surface area contributed by atoms with E-state index in [1.807, 2.05) is 0 Å². The molecule has 1 fully saturated rings. The largest absolute Gasteiger partial charge is 0.384 e. The standard InChI is InChI=1S/C13H28N2O2/c1-11(9-16-3)12(8-14)15-7-5-6-13(2,10-15)17-4/h11-12H,5-10,14H2,1-4H3. The van der Waals surface area contributed by atoms with E-state index in [1.165, 1.54) is 6.42 Å². The van der Waals surface area contributed by atoms with E-state index in [0.717, 1.165) is 26.1 Å². The fraction of sp³-hybridized carbons (Fsp3) is 1.00. The van der Waals surface area contributed by atoms with E-state index in [2.05, 4.69) is 18.7 Å². The van der Waals surface area contributed by atoms with Crippen molar-refractivity contribution < 1.29 is 9.47 Å². The molecule has 0 spiro atoms. The number of hydrogen-bond acceptors (Lipinski definition) is 4. The maximum atomic E-state index is 5.93. The summed E-state index contributed by atoms with van der Waals surface area (Å²) in [5.41, 5.74) is 5.91. The van der Waals surface area contributed by atoms with Crippen molar-refractivity contribution in [3.8, 4) is 0 Å². The Labute approximate surface area is 105 Å². The average molecular weight is 244 g/mol. The van der Waals surface area contributed by atoms with Crippen LogP contribution in [0.15, 0.2) is 0 Å². The summed E-state index contributed by atoms with van der Waals surface area (Å²) in [7, 11) is 3.55. The van der Waals surface area contributed by atoms with Gasteiger partial charge in [0.2, 0.25) is 0 Å². The zero-order valence-electron chi connectivity index (χ0n) is 11.7. The summed E-state index contributed by atoms with van der Waals surface area (Å²) < 4.78 is 10.9. The minimum Gasteiger partial charge on any atom is -0.384 e. The third-order valence-corrected chi connectivity index (χ3v) is 3.98. The fourth-order valence-electron chi connectivity index (χ4n) is 2.81. The van der Waals surface area contributed by atoms with E-state index in [1.54, 1.807) is 14.2 Å². The van der Waals surface area contributed by atoms with Gasteiger partial charge in [0.25, 0.3) is 0 Å². The van der Waals surface area contributed by atoms with Gasteiger partial charge >= 0.3 is 0 Å². The lowest BCUT2D eigenvalue weighted by Crippen LogP contribution is -2.55. The number of piperidine rings is 1. The molecular weight excluding hydrogens is 216 g/mol. The van der Waals surface area contributed by atoms with Gasteiger partial charge in [0.1, 0.15) is 0 Å². The van der Waals surface area contributed by atoms with E-state index >= 15 is 0 Å². The topological polar surface area (TPSA) is 47.7 Å². The monoisotopic (exact) mass is 244 g/mol. The summed E-state index contributed by atoms with van der Waals surface area (Å²) in [4.78, 5) is 2.47. The van der Waals surface area contributed by atoms with Crippen molar-refractivity contribution in [3.05, 3.63) is 0 Å². The van der Waals surface area contributed by atoms with Crippen LogP contribution < -0.4 is 5.73 Å². The van der Waals surface area contributed by atoms with Crippen molar-refractivity contribution in [3.63, 3.8) is 0 Å². The van der Waals surface area contributed by atoms with Crippen molar-refractivity contribution in [2.24, 2.45) is 11.7 Å². The Morgan fingerprint density at radius 1 is 1.41 bits per heavy atom. The van der Waals surface area contributed by atoms with Crippen molar-refractivity contribution >= 4 is 0 Å². The molecule has 1 rings (SSSR count). The zero-order chi connectivity index (χ0) is 12.9. The first-order valence-corrected chi connectivity index (χ1v) is 6.54. The number of rotatable bonds is 6. The molecule has 1 aliphatic heterocycles. The minimum atomic E-state index is -0.0154. The maximum absolute atomic E-state index is 5.93. The van der Waals surface area contributed by atoms with Gasteiger partial charge in [-0.15, -0.1) is 0 Å². The smallest absolute Gasteiger partial charge is 0.0777 e. The van der Waals surface area contributed by atoms with Crippen LogP contribution in [0.1, 0.15) is 26.7 Å². The molecule has 3 atom stereocenters. The van der Waals surface area contributed by atoms with Crippen LogP contribution in [0.3, 0.4) is 0 Å². The van der Waals surface area contributed by atoms with Crippen molar-refractivity contribution in [2.75, 3.05) is 40.5 Å². The Morgan fingerprint density at radius 3 is 2.65 bits per heavy atom. The molecule has 102 valence electrons. The van der Waals surface area contributed by atoms with Gasteiger partial charge in [0.15, 0.2) is 0 Å². The summed E-state index contributed by atoms with van der Waals surface area (Å²) >= 11 is 0. The first-order valence-electron chi connectivity index (χ1n) is 6.54. The average Bonchev–Trinajstić information content (AvgIpc) is 2.30. The summed E-state index contributed by atoms with van der Waals surface area (Å²) in [6, 6.07) is 0.393. The predicted octanol–water partition coefficient (Wildman–Crippen LogP) is 1.10. The van der Waals surface area contributed by atoms with Crippen molar-refractivity contribution in [1.29, 1.82) is 0 Å². The van der Waals surface area contributed by atoms with E-state index < -0.39 is 0 Å². The molecule has 0 bridgehead atoms. The lowest BCUT2D eigenvalue weighted by molar-refractivity contribution is -0.0686. The number of nitrogens with zero attached hydrogens (tertiary/aromatic N) is 1. The lowest BCUT2D eigenvalue weighted by Gasteiger charge is -2.44. The van der Waals surface area contributed by atoms with Gasteiger partial charge in [-0.3, -0.25) is 4.90 Å². The number of methoxy groups -OCH3 is 2. The Morgan fingerprint density at radius 2 is 2.12 bits per heavy atom. The first-order chi connectivity index (χ1) is 8.06. The van der Waals surface area contributed by atoms with Gasteiger partial charge in [-0.05, 0) is 32.2 Å². The second kappa shape index (κ2) is 6.69. The van der Waals surface area contributed by atoms with Crippen LogP contribution >= 0.6 is 0 Å². The maximum Gasteiger partial charge on any atom is 0.0777 e. The number of likely N-dealkylation sites (tertiary alicyclic amines) is 1. The third kappa shape index (κ3) is 3.91. The van der Waals surface area contributed by atoms with Crippen LogP contribution in [-0.4, -0.2) is 57.0 Å². The molecule has 1 saturated heterocycles. The normalized spacial score (nSPS) is 30.2. The predicted molar refractivity (Wildman–Crippen MR) is 70.1 cm³/mol. The molecule has 0 aromatic carbocycles. The van der Waals surface area contributed by atoms with Crippen LogP contribution in [0.4, 0.5) is 0 Å². The lowest BCUT2D eigenvalue weighted by atomic mass is 9.91. The summed E-state index contributed by atoms with van der Waals surface area (Å²) in [5.74, 6) is 0.462. The van der Waals surface area contributed by atoms with Crippen LogP contribution in [0.2, 0.25) is 0 Å². The summed E-state index contributed by atoms with van der Waals surface area (Å²) in [5, 5.41) is 0. The van der Waals surface area contributed by atoms with E-state index in [0.29, 0.717) is 18.5 Å². The highest BCUT2D eigenvalue weighted by Crippen LogP contribution is 2.26. The van der Waals surface area contributed by atoms with E-state index in [4.69, 9.17) is 15.2 Å². The molecule has 0 radical (unpaired) electrons. The summed E-state index contributed by atoms with van der Waals surface area (Å²) in [6.45, 7) is 7.94. The zero-order valence-corrected chi connectivity index (χ0v) is 11.7. The Kier molecular flexibility index (Phi) is 5.86. The molecule has 0 aromatic heterocycles. The van der Waals surface area contributed by atoms with Crippen LogP contribution in [0, 0.1) is 5.92 Å². The van der Waals surface area contributed by atoms with Crippen molar-refractivity contribution in [2.45, 2.75) is 38.3 Å². The number of hydrogen-bond donors (Lipinski definition) is 1. The molecule has 17 heavy (non-hydrogen) atoms. The summed E-state index contributed by atoms with van der Waals surface area (Å²) in [6.07, 6.45) is 2.32. The molecular formula is C13H28N2O2. The van der Waals surface area contributed by atoms with Gasteiger partial charge in [-0.2, -0.15) is 0 Å². The van der Waals surface area contributed by atoms with Gasteiger partial charge in [0, 0.05) is 33.4 Å². The number of ether oxygens (including phenoxy) is 2. The molecule has 4 heteroatoms. The van der Waals surface area contributed by atoms with Gasteiger partial charge < -0.3 is 15.2 Å². The SMILES string of the molecule is COCC(C)C(CN)N1CCCC(C)(OC)C1. The van der Waals surface area contributed by atoms with Crippen LogP contribution in [0.5, 0.6) is 0 Å². The third-order valence-electron chi connectivity index (χ3n) is 3.98. The molecule has 0 aromatic rings. The van der Waals surface area contributed by atoms with Gasteiger partial charge in [-0.25, -0.2) is 0 Å². The molecule has 0 aliphatic carbocycles. The Bertz CT molecular complexity index is 225. The molecule has 0 amide bonds. The van der Waals surface area contributed by atoms with E-state index in [9.17, 15) is 0 Å². The highest BCUT2D eigenvalue weighted by Gasteiger charge is 2.35. The Balaban J connectivity index is 2.62. The van der Waals surface area contributed by atoms with Gasteiger partial charge in [-0.1, -0.05) is 6.92 Å². The first kappa shape index (κ1) is 14.9. The second-order valence-electron chi connectivity index (χ2n) is 5.46. The molecule has 4 nitrogen and oxygen atoms in total. The molecule has 3 unspecified atom stereocenters. The number of nitrogens with two attached hydrogens (primary N) is 1. The molecule has 1 aliphatic rings.